The van der Waals surface area contributed by atoms with Crippen molar-refractivity contribution in [2.45, 2.75) is 65.3 Å². The summed E-state index contributed by atoms with van der Waals surface area (Å²) in [5.41, 5.74) is 5.76. The summed E-state index contributed by atoms with van der Waals surface area (Å²) in [6, 6.07) is -0.379. The molecule has 0 spiro atoms. The van der Waals surface area contributed by atoms with E-state index < -0.39 is 10.0 Å². The zero-order chi connectivity index (χ0) is 15.4. The van der Waals surface area contributed by atoms with Gasteiger partial charge in [0, 0.05) is 0 Å². The minimum atomic E-state index is -3.33. The van der Waals surface area contributed by atoms with Crippen LogP contribution < -0.4 is 10.5 Å². The second-order valence-corrected chi connectivity index (χ2v) is 9.37. The van der Waals surface area contributed by atoms with Crippen LogP contribution in [0.2, 0.25) is 0 Å². The van der Waals surface area contributed by atoms with E-state index in [4.69, 9.17) is 18.0 Å². The summed E-state index contributed by atoms with van der Waals surface area (Å²) in [5.74, 6) is 0.383. The Labute approximate surface area is 128 Å². The quantitative estimate of drug-likeness (QED) is 0.738. The van der Waals surface area contributed by atoms with Crippen LogP contribution in [0.3, 0.4) is 0 Å². The molecule has 118 valence electrons. The molecule has 1 unspecified atom stereocenters. The zero-order valence-corrected chi connectivity index (χ0v) is 14.4. The lowest BCUT2D eigenvalue weighted by molar-refractivity contribution is 0.329. The molecule has 0 aliphatic heterocycles. The van der Waals surface area contributed by atoms with E-state index in [1.54, 1.807) is 0 Å². The monoisotopic (exact) mass is 320 g/mol. The summed E-state index contributed by atoms with van der Waals surface area (Å²) in [7, 11) is -3.33. The van der Waals surface area contributed by atoms with Gasteiger partial charge in [0.05, 0.1) is 16.8 Å². The van der Waals surface area contributed by atoms with Crippen molar-refractivity contribution in [3.63, 3.8) is 0 Å². The van der Waals surface area contributed by atoms with Gasteiger partial charge in [-0.1, -0.05) is 52.3 Å². The van der Waals surface area contributed by atoms with Gasteiger partial charge in [0.15, 0.2) is 0 Å². The first-order valence-electron chi connectivity index (χ1n) is 7.40. The van der Waals surface area contributed by atoms with Crippen LogP contribution in [-0.4, -0.2) is 25.2 Å². The highest BCUT2D eigenvalue weighted by molar-refractivity contribution is 7.89. The molecule has 1 atom stereocenters. The minimum absolute atomic E-state index is 0.00168. The molecule has 0 heterocycles. The second kappa shape index (κ2) is 7.18. The molecule has 0 saturated heterocycles. The van der Waals surface area contributed by atoms with Crippen LogP contribution >= 0.6 is 12.2 Å². The van der Waals surface area contributed by atoms with Crippen LogP contribution in [0, 0.1) is 11.3 Å². The molecule has 0 bridgehead atoms. The molecule has 1 aliphatic carbocycles. The van der Waals surface area contributed by atoms with Crippen molar-refractivity contribution in [2.24, 2.45) is 17.1 Å². The number of hydrogen-bond acceptors (Lipinski definition) is 3. The van der Waals surface area contributed by atoms with Crippen LogP contribution in [0.5, 0.6) is 0 Å². The Balaban J connectivity index is 2.66. The van der Waals surface area contributed by atoms with E-state index in [0.717, 1.165) is 25.7 Å². The van der Waals surface area contributed by atoms with Crippen molar-refractivity contribution >= 4 is 27.2 Å². The summed E-state index contributed by atoms with van der Waals surface area (Å²) in [6.07, 6.45) is 6.11. The first-order valence-corrected chi connectivity index (χ1v) is 9.46. The normalized spacial score (nSPS) is 19.8. The SMILES string of the molecule is CC(C)(C)CCS(=O)(=O)NC(C(N)=S)C1CCCCC1. The fourth-order valence-electron chi connectivity index (χ4n) is 2.55. The summed E-state index contributed by atoms with van der Waals surface area (Å²) >= 11 is 5.07. The van der Waals surface area contributed by atoms with Gasteiger partial charge >= 0.3 is 0 Å². The highest BCUT2D eigenvalue weighted by Crippen LogP contribution is 2.27. The molecule has 6 heteroatoms. The van der Waals surface area contributed by atoms with E-state index in [9.17, 15) is 8.42 Å². The highest BCUT2D eigenvalue weighted by atomic mass is 32.2. The van der Waals surface area contributed by atoms with Crippen LogP contribution in [0.1, 0.15) is 59.3 Å². The number of nitrogens with one attached hydrogen (secondary N) is 1. The lowest BCUT2D eigenvalue weighted by Crippen LogP contribution is -2.49. The maximum Gasteiger partial charge on any atom is 0.212 e. The maximum absolute atomic E-state index is 12.2. The third kappa shape index (κ3) is 6.50. The van der Waals surface area contributed by atoms with Gasteiger partial charge in [0.1, 0.15) is 0 Å². The Bertz CT molecular complexity index is 421. The van der Waals surface area contributed by atoms with Gasteiger partial charge in [-0.05, 0) is 30.6 Å². The predicted molar refractivity (Wildman–Crippen MR) is 88.1 cm³/mol. The Hall–Kier alpha value is -0.200. The van der Waals surface area contributed by atoms with Crippen molar-refractivity contribution in [2.75, 3.05) is 5.75 Å². The Kier molecular flexibility index (Phi) is 6.41. The van der Waals surface area contributed by atoms with E-state index in [2.05, 4.69) is 4.72 Å². The van der Waals surface area contributed by atoms with E-state index in [1.165, 1.54) is 6.42 Å². The molecule has 0 aromatic heterocycles. The third-order valence-corrected chi connectivity index (χ3v) is 5.46. The predicted octanol–water partition coefficient (Wildman–Crippen LogP) is 2.58. The van der Waals surface area contributed by atoms with Crippen LogP contribution in [0.4, 0.5) is 0 Å². The number of thiocarbonyl (C=S) groups is 1. The number of sulfonamides is 1. The molecule has 4 nitrogen and oxygen atoms in total. The van der Waals surface area contributed by atoms with E-state index in [0.29, 0.717) is 6.42 Å². The summed E-state index contributed by atoms with van der Waals surface area (Å²) in [6.45, 7) is 6.11. The Morgan fingerprint density at radius 3 is 2.30 bits per heavy atom. The van der Waals surface area contributed by atoms with Crippen molar-refractivity contribution in [1.82, 2.24) is 4.72 Å². The molecular formula is C14H28N2O2S2. The van der Waals surface area contributed by atoms with Gasteiger partial charge in [-0.3, -0.25) is 0 Å². The summed E-state index contributed by atoms with van der Waals surface area (Å²) in [5, 5.41) is 0. The standard InChI is InChI=1S/C14H28N2O2S2/c1-14(2,3)9-10-20(17,18)16-12(13(15)19)11-7-5-4-6-8-11/h11-12,16H,4-10H2,1-3H3,(H2,15,19). The van der Waals surface area contributed by atoms with Crippen LogP contribution in [0.25, 0.3) is 0 Å². The molecule has 0 radical (unpaired) electrons. The lowest BCUT2D eigenvalue weighted by atomic mass is 9.84. The van der Waals surface area contributed by atoms with Gasteiger partial charge in [0.2, 0.25) is 10.0 Å². The van der Waals surface area contributed by atoms with Crippen LogP contribution in [-0.2, 0) is 10.0 Å². The molecule has 3 N–H and O–H groups in total. The van der Waals surface area contributed by atoms with Crippen molar-refractivity contribution in [3.8, 4) is 0 Å². The highest BCUT2D eigenvalue weighted by Gasteiger charge is 2.30. The van der Waals surface area contributed by atoms with Crippen molar-refractivity contribution in [3.05, 3.63) is 0 Å². The Morgan fingerprint density at radius 1 is 1.30 bits per heavy atom. The molecule has 1 rings (SSSR count). The van der Waals surface area contributed by atoms with Gasteiger partial charge in [-0.2, -0.15) is 0 Å². The number of rotatable bonds is 6. The molecule has 0 aromatic rings. The first-order chi connectivity index (χ1) is 9.11. The minimum Gasteiger partial charge on any atom is -0.392 e. The summed E-state index contributed by atoms with van der Waals surface area (Å²) in [4.78, 5) is 0.274. The fourth-order valence-corrected chi connectivity index (χ4v) is 4.58. The largest absolute Gasteiger partial charge is 0.392 e. The zero-order valence-electron chi connectivity index (χ0n) is 12.8. The van der Waals surface area contributed by atoms with Gasteiger partial charge in [0.25, 0.3) is 0 Å². The average molecular weight is 321 g/mol. The van der Waals surface area contributed by atoms with E-state index in [-0.39, 0.29) is 28.1 Å². The van der Waals surface area contributed by atoms with Gasteiger partial charge in [-0.25, -0.2) is 13.1 Å². The first kappa shape index (κ1) is 17.9. The van der Waals surface area contributed by atoms with E-state index in [1.807, 2.05) is 20.8 Å². The van der Waals surface area contributed by atoms with Crippen LogP contribution in [0.15, 0.2) is 0 Å². The van der Waals surface area contributed by atoms with Crippen molar-refractivity contribution in [1.29, 1.82) is 0 Å². The van der Waals surface area contributed by atoms with Crippen molar-refractivity contribution < 1.29 is 8.42 Å². The van der Waals surface area contributed by atoms with Gasteiger partial charge < -0.3 is 5.73 Å². The molecule has 1 saturated carbocycles. The molecule has 20 heavy (non-hydrogen) atoms. The molecule has 1 fully saturated rings. The number of nitrogens with two attached hydrogens (primary N) is 1. The number of hydrogen-bond donors (Lipinski definition) is 2. The smallest absolute Gasteiger partial charge is 0.212 e. The average Bonchev–Trinajstić information content (AvgIpc) is 2.34. The maximum atomic E-state index is 12.2. The summed E-state index contributed by atoms with van der Waals surface area (Å²) < 4.78 is 27.2. The molecule has 1 aliphatic rings. The van der Waals surface area contributed by atoms with E-state index >= 15 is 0 Å². The topological polar surface area (TPSA) is 72.2 Å². The second-order valence-electron chi connectivity index (χ2n) is 7.03. The Morgan fingerprint density at radius 2 is 1.85 bits per heavy atom. The molecule has 0 aromatic carbocycles. The third-order valence-electron chi connectivity index (χ3n) is 3.86. The molecular weight excluding hydrogens is 292 g/mol. The molecule has 0 amide bonds. The van der Waals surface area contributed by atoms with Gasteiger partial charge in [-0.15, -0.1) is 0 Å². The fraction of sp³-hybridized carbons (Fsp3) is 0.929. The lowest BCUT2D eigenvalue weighted by Gasteiger charge is -2.30.